The van der Waals surface area contributed by atoms with Gasteiger partial charge in [-0.05, 0) is 48.6 Å². The molecule has 0 spiro atoms. The lowest BCUT2D eigenvalue weighted by Gasteiger charge is -2.24. The Kier molecular flexibility index (Phi) is 5.96. The van der Waals surface area contributed by atoms with Crippen molar-refractivity contribution in [2.75, 3.05) is 25.0 Å². The number of rotatable bonds is 7. The zero-order chi connectivity index (χ0) is 16.8. The number of nitrogens with one attached hydrogen (secondary N) is 1. The molecule has 1 amide bonds. The molecule has 1 fully saturated rings. The van der Waals surface area contributed by atoms with Crippen molar-refractivity contribution < 1.29 is 13.9 Å². The first-order valence-corrected chi connectivity index (χ1v) is 8.99. The van der Waals surface area contributed by atoms with Gasteiger partial charge >= 0.3 is 0 Å². The topological polar surface area (TPSA) is 41.6 Å². The van der Waals surface area contributed by atoms with Crippen LogP contribution in [-0.4, -0.2) is 36.6 Å². The second-order valence-electron chi connectivity index (χ2n) is 5.94. The Morgan fingerprint density at radius 3 is 2.83 bits per heavy atom. The second-order valence-corrected chi connectivity index (χ2v) is 6.97. The van der Waals surface area contributed by atoms with Crippen LogP contribution in [0.3, 0.4) is 0 Å². The lowest BCUT2D eigenvalue weighted by Crippen LogP contribution is -2.37. The Morgan fingerprint density at radius 1 is 1.33 bits per heavy atom. The summed E-state index contributed by atoms with van der Waals surface area (Å²) >= 11 is 1.69. The molecule has 0 aliphatic carbocycles. The molecule has 0 unspecified atom stereocenters. The standard InChI is InChI=1S/C18H21FN2O2S/c19-14-5-7-15(8-6-14)20-18(22)13-21(11-16-3-1-9-23-16)12-17-4-2-10-24-17/h2,4-8,10,16H,1,3,9,11-13H2,(H,20,22)/t16-/m1/s1. The number of carbonyl (C=O) groups is 1. The van der Waals surface area contributed by atoms with Gasteiger partial charge in [0.2, 0.25) is 5.91 Å². The summed E-state index contributed by atoms with van der Waals surface area (Å²) < 4.78 is 18.6. The molecule has 1 N–H and O–H groups in total. The Balaban J connectivity index is 1.58. The van der Waals surface area contributed by atoms with Gasteiger partial charge in [-0.1, -0.05) is 6.07 Å². The molecule has 1 aromatic carbocycles. The molecule has 1 aliphatic heterocycles. The van der Waals surface area contributed by atoms with Crippen LogP contribution in [0.5, 0.6) is 0 Å². The van der Waals surface area contributed by atoms with Gasteiger partial charge in [-0.25, -0.2) is 4.39 Å². The fourth-order valence-corrected chi connectivity index (χ4v) is 3.57. The quantitative estimate of drug-likeness (QED) is 0.833. The van der Waals surface area contributed by atoms with E-state index in [1.165, 1.54) is 17.0 Å². The first kappa shape index (κ1) is 17.1. The Morgan fingerprint density at radius 2 is 2.17 bits per heavy atom. The number of hydrogen-bond donors (Lipinski definition) is 1. The second kappa shape index (κ2) is 8.37. The van der Waals surface area contributed by atoms with E-state index in [0.717, 1.165) is 32.5 Å². The summed E-state index contributed by atoms with van der Waals surface area (Å²) in [6.45, 7) is 2.57. The molecule has 0 radical (unpaired) electrons. The molecule has 2 aromatic rings. The Bertz CT molecular complexity index is 640. The van der Waals surface area contributed by atoms with Crippen molar-refractivity contribution in [1.82, 2.24) is 4.90 Å². The zero-order valence-corrected chi connectivity index (χ0v) is 14.2. The van der Waals surface area contributed by atoms with Gasteiger partial charge < -0.3 is 10.1 Å². The molecular formula is C18H21FN2O2S. The summed E-state index contributed by atoms with van der Waals surface area (Å²) in [6, 6.07) is 9.90. The van der Waals surface area contributed by atoms with E-state index in [2.05, 4.69) is 16.3 Å². The summed E-state index contributed by atoms with van der Waals surface area (Å²) in [5, 5.41) is 4.86. The molecule has 2 heterocycles. The highest BCUT2D eigenvalue weighted by Gasteiger charge is 2.21. The SMILES string of the molecule is O=C(CN(Cc1cccs1)C[C@H]1CCCO1)Nc1ccc(F)cc1. The van der Waals surface area contributed by atoms with Crippen molar-refractivity contribution in [3.05, 3.63) is 52.5 Å². The molecule has 1 aliphatic rings. The predicted octanol–water partition coefficient (Wildman–Crippen LogP) is 3.51. The molecule has 0 saturated carbocycles. The highest BCUT2D eigenvalue weighted by Crippen LogP contribution is 2.17. The molecule has 1 aromatic heterocycles. The Hall–Kier alpha value is -1.76. The van der Waals surface area contributed by atoms with Crippen LogP contribution in [0.2, 0.25) is 0 Å². The van der Waals surface area contributed by atoms with Gasteiger partial charge in [0.15, 0.2) is 0 Å². The van der Waals surface area contributed by atoms with Crippen molar-refractivity contribution in [1.29, 1.82) is 0 Å². The van der Waals surface area contributed by atoms with Crippen LogP contribution >= 0.6 is 11.3 Å². The van der Waals surface area contributed by atoms with Crippen LogP contribution in [0.1, 0.15) is 17.7 Å². The maximum atomic E-state index is 12.9. The minimum Gasteiger partial charge on any atom is -0.377 e. The minimum absolute atomic E-state index is 0.101. The molecule has 0 bridgehead atoms. The van der Waals surface area contributed by atoms with Crippen LogP contribution in [0, 0.1) is 5.82 Å². The normalized spacial score (nSPS) is 17.3. The lowest BCUT2D eigenvalue weighted by atomic mass is 10.2. The minimum atomic E-state index is -0.314. The van der Waals surface area contributed by atoms with Gasteiger partial charge in [-0.15, -0.1) is 11.3 Å². The number of amides is 1. The van der Waals surface area contributed by atoms with Crippen molar-refractivity contribution in [2.45, 2.75) is 25.5 Å². The Labute approximate surface area is 145 Å². The fraction of sp³-hybridized carbons (Fsp3) is 0.389. The first-order chi connectivity index (χ1) is 11.7. The van der Waals surface area contributed by atoms with Crippen LogP contribution in [0.4, 0.5) is 10.1 Å². The largest absolute Gasteiger partial charge is 0.377 e. The molecule has 24 heavy (non-hydrogen) atoms. The maximum absolute atomic E-state index is 12.9. The number of halogens is 1. The summed E-state index contributed by atoms with van der Waals surface area (Å²) in [5.41, 5.74) is 0.606. The molecule has 3 rings (SSSR count). The molecule has 4 nitrogen and oxygen atoms in total. The van der Waals surface area contributed by atoms with Crippen LogP contribution < -0.4 is 5.32 Å². The number of ether oxygens (including phenoxy) is 1. The third kappa shape index (κ3) is 5.12. The van der Waals surface area contributed by atoms with E-state index in [9.17, 15) is 9.18 Å². The number of nitrogens with zero attached hydrogens (tertiary/aromatic N) is 1. The van der Waals surface area contributed by atoms with Crippen LogP contribution in [-0.2, 0) is 16.1 Å². The van der Waals surface area contributed by atoms with Crippen molar-refractivity contribution >= 4 is 22.9 Å². The van der Waals surface area contributed by atoms with Gasteiger partial charge in [0.25, 0.3) is 0 Å². The average Bonchev–Trinajstić information content (AvgIpc) is 3.23. The molecular weight excluding hydrogens is 327 g/mol. The van der Waals surface area contributed by atoms with Gasteiger partial charge in [-0.2, -0.15) is 0 Å². The lowest BCUT2D eigenvalue weighted by molar-refractivity contribution is -0.117. The third-order valence-electron chi connectivity index (χ3n) is 3.94. The first-order valence-electron chi connectivity index (χ1n) is 8.11. The highest BCUT2D eigenvalue weighted by atomic mass is 32.1. The van der Waals surface area contributed by atoms with E-state index < -0.39 is 0 Å². The van der Waals surface area contributed by atoms with E-state index in [4.69, 9.17) is 4.74 Å². The smallest absolute Gasteiger partial charge is 0.238 e. The zero-order valence-electron chi connectivity index (χ0n) is 13.4. The van der Waals surface area contributed by atoms with Crippen molar-refractivity contribution in [3.8, 4) is 0 Å². The highest BCUT2D eigenvalue weighted by molar-refractivity contribution is 7.09. The number of hydrogen-bond acceptors (Lipinski definition) is 4. The predicted molar refractivity (Wildman–Crippen MR) is 93.6 cm³/mol. The monoisotopic (exact) mass is 348 g/mol. The molecule has 128 valence electrons. The van der Waals surface area contributed by atoms with Crippen molar-refractivity contribution in [2.24, 2.45) is 0 Å². The molecule has 6 heteroatoms. The van der Waals surface area contributed by atoms with Gasteiger partial charge in [0.1, 0.15) is 5.82 Å². The summed E-state index contributed by atoms with van der Waals surface area (Å²) in [5.74, 6) is -0.415. The maximum Gasteiger partial charge on any atom is 0.238 e. The van der Waals surface area contributed by atoms with Crippen molar-refractivity contribution in [3.63, 3.8) is 0 Å². The number of thiophene rings is 1. The number of benzene rings is 1. The fourth-order valence-electron chi connectivity index (χ4n) is 2.82. The number of carbonyl (C=O) groups excluding carboxylic acids is 1. The van der Waals surface area contributed by atoms with Gasteiger partial charge in [-0.3, -0.25) is 9.69 Å². The van der Waals surface area contributed by atoms with E-state index in [-0.39, 0.29) is 24.4 Å². The summed E-state index contributed by atoms with van der Waals surface area (Å²) in [4.78, 5) is 15.7. The van der Waals surface area contributed by atoms with E-state index >= 15 is 0 Å². The number of anilines is 1. The average molecular weight is 348 g/mol. The molecule has 1 atom stereocenters. The third-order valence-corrected chi connectivity index (χ3v) is 4.80. The molecule has 1 saturated heterocycles. The van der Waals surface area contributed by atoms with Crippen LogP contribution in [0.25, 0.3) is 0 Å². The van der Waals surface area contributed by atoms with E-state index in [0.29, 0.717) is 5.69 Å². The van der Waals surface area contributed by atoms with Gasteiger partial charge in [0.05, 0.1) is 12.6 Å². The van der Waals surface area contributed by atoms with E-state index in [1.54, 1.807) is 23.5 Å². The van der Waals surface area contributed by atoms with Crippen LogP contribution in [0.15, 0.2) is 41.8 Å². The summed E-state index contributed by atoms with van der Waals surface area (Å²) in [6.07, 6.45) is 2.32. The van der Waals surface area contributed by atoms with Gasteiger partial charge in [0, 0.05) is 30.3 Å². The summed E-state index contributed by atoms with van der Waals surface area (Å²) in [7, 11) is 0. The van der Waals surface area contributed by atoms with E-state index in [1.807, 2.05) is 11.4 Å².